The summed E-state index contributed by atoms with van der Waals surface area (Å²) in [6.45, 7) is 0.0394. The molecule has 0 radical (unpaired) electrons. The quantitative estimate of drug-likeness (QED) is 0.595. The normalized spacial score (nSPS) is 12.5. The molecule has 1 aromatic heterocycles. The highest BCUT2D eigenvalue weighted by Gasteiger charge is 2.18. The van der Waals surface area contributed by atoms with Gasteiger partial charge >= 0.3 is 0 Å². The van der Waals surface area contributed by atoms with E-state index in [1.54, 1.807) is 31.3 Å². The molecule has 0 bridgehead atoms. The highest BCUT2D eigenvalue weighted by molar-refractivity contribution is 7.99. The molecule has 27 heavy (non-hydrogen) atoms. The molecule has 3 rings (SSSR count). The van der Waals surface area contributed by atoms with E-state index in [0.29, 0.717) is 22.0 Å². The number of aromatic nitrogens is 4. The number of thioether (sulfide) groups is 1. The number of tetrazole rings is 1. The van der Waals surface area contributed by atoms with Crippen molar-refractivity contribution in [3.63, 3.8) is 0 Å². The third kappa shape index (κ3) is 5.31. The fourth-order valence-corrected chi connectivity index (χ4v) is 3.18. The Balaban J connectivity index is 1.66. The van der Waals surface area contributed by atoms with Crippen molar-refractivity contribution in [2.75, 3.05) is 12.4 Å². The number of aryl methyl sites for hydroxylation is 1. The van der Waals surface area contributed by atoms with Gasteiger partial charge in [-0.2, -0.15) is 0 Å². The largest absolute Gasteiger partial charge is 0.390 e. The van der Waals surface area contributed by atoms with Crippen LogP contribution in [0.3, 0.4) is 0 Å². The smallest absolute Gasteiger partial charge is 0.209 e. The summed E-state index contributed by atoms with van der Waals surface area (Å²) in [6, 6.07) is 11.8. The molecule has 142 valence electrons. The lowest BCUT2D eigenvalue weighted by atomic mass is 10.0. The summed E-state index contributed by atoms with van der Waals surface area (Å²) in [5, 5.41) is 21.9. The lowest BCUT2D eigenvalue weighted by Gasteiger charge is -2.21. The summed E-state index contributed by atoms with van der Waals surface area (Å²) in [5.74, 6) is -0.371. The highest BCUT2D eigenvalue weighted by Crippen LogP contribution is 2.27. The van der Waals surface area contributed by atoms with Crippen LogP contribution in [-0.2, 0) is 11.8 Å². The van der Waals surface area contributed by atoms with Crippen LogP contribution in [0.15, 0.2) is 53.7 Å². The minimum atomic E-state index is -0.768. The summed E-state index contributed by atoms with van der Waals surface area (Å²) in [6.07, 6.45) is -1.32. The number of hydrogen-bond acceptors (Lipinski definition) is 6. The van der Waals surface area contributed by atoms with Crippen molar-refractivity contribution in [1.82, 2.24) is 20.2 Å². The van der Waals surface area contributed by atoms with E-state index in [4.69, 9.17) is 4.74 Å². The molecule has 9 heteroatoms. The molecule has 1 unspecified atom stereocenters. The Morgan fingerprint density at radius 1 is 1.04 bits per heavy atom. The van der Waals surface area contributed by atoms with Gasteiger partial charge in [0.05, 0.1) is 12.7 Å². The van der Waals surface area contributed by atoms with Crippen molar-refractivity contribution < 1.29 is 18.6 Å². The van der Waals surface area contributed by atoms with Gasteiger partial charge in [0.25, 0.3) is 0 Å². The van der Waals surface area contributed by atoms with Crippen LogP contribution in [0, 0.1) is 11.6 Å². The number of benzene rings is 2. The number of rotatable bonds is 8. The van der Waals surface area contributed by atoms with E-state index >= 15 is 0 Å². The van der Waals surface area contributed by atoms with Crippen LogP contribution in [-0.4, -0.2) is 43.8 Å². The molecular weight excluding hydrogens is 374 g/mol. The number of aliphatic hydroxyl groups is 1. The molecule has 0 saturated carbocycles. The van der Waals surface area contributed by atoms with Crippen LogP contribution in [0.4, 0.5) is 8.78 Å². The maximum atomic E-state index is 13.2. The van der Waals surface area contributed by atoms with E-state index in [2.05, 4.69) is 15.5 Å². The molecule has 0 aliphatic heterocycles. The summed E-state index contributed by atoms with van der Waals surface area (Å²) < 4.78 is 33.9. The zero-order valence-electron chi connectivity index (χ0n) is 14.5. The molecule has 0 amide bonds. The second-order valence-corrected chi connectivity index (χ2v) is 6.85. The summed E-state index contributed by atoms with van der Waals surface area (Å²) in [5.41, 5.74) is 1.42. The van der Waals surface area contributed by atoms with Gasteiger partial charge in [0.1, 0.15) is 17.7 Å². The van der Waals surface area contributed by atoms with Gasteiger partial charge in [-0.1, -0.05) is 36.0 Å². The number of ether oxygens (including phenoxy) is 1. The molecule has 6 nitrogen and oxygen atoms in total. The van der Waals surface area contributed by atoms with Gasteiger partial charge in [-0.3, -0.25) is 0 Å². The summed E-state index contributed by atoms with van der Waals surface area (Å²) in [7, 11) is 1.71. The number of hydrogen-bond donors (Lipinski definition) is 1. The molecule has 0 fully saturated rings. The van der Waals surface area contributed by atoms with Gasteiger partial charge in [0, 0.05) is 12.8 Å². The molecular formula is C18H18F2N4O2S. The van der Waals surface area contributed by atoms with Crippen LogP contribution in [0.5, 0.6) is 0 Å². The Bertz CT molecular complexity index is 813. The minimum Gasteiger partial charge on any atom is -0.390 e. The molecule has 1 heterocycles. The van der Waals surface area contributed by atoms with Crippen molar-refractivity contribution >= 4 is 11.8 Å². The zero-order valence-corrected chi connectivity index (χ0v) is 15.3. The van der Waals surface area contributed by atoms with Crippen LogP contribution in [0.2, 0.25) is 0 Å². The molecule has 1 N–H and O–H groups in total. The molecule has 0 spiro atoms. The first-order valence-electron chi connectivity index (χ1n) is 8.18. The first-order valence-corrected chi connectivity index (χ1v) is 9.17. The molecule has 0 aliphatic carbocycles. The monoisotopic (exact) mass is 392 g/mol. The van der Waals surface area contributed by atoms with Crippen molar-refractivity contribution in [2.24, 2.45) is 7.05 Å². The summed E-state index contributed by atoms with van der Waals surface area (Å²) >= 11 is 1.31. The first kappa shape index (κ1) is 19.4. The number of aliphatic hydroxyl groups excluding tert-OH is 1. The van der Waals surface area contributed by atoms with E-state index in [1.165, 1.54) is 40.7 Å². The number of halogens is 2. The Kier molecular flexibility index (Phi) is 6.49. The van der Waals surface area contributed by atoms with Crippen LogP contribution in [0.25, 0.3) is 0 Å². The fourth-order valence-electron chi connectivity index (χ4n) is 2.43. The average Bonchev–Trinajstić information content (AvgIpc) is 3.08. The zero-order chi connectivity index (χ0) is 19.2. The van der Waals surface area contributed by atoms with Crippen LogP contribution < -0.4 is 0 Å². The maximum absolute atomic E-state index is 13.2. The van der Waals surface area contributed by atoms with E-state index in [1.807, 2.05) is 0 Å². The number of nitrogens with zero attached hydrogens (tertiary/aromatic N) is 4. The standard InChI is InChI=1S/C18H18F2N4O2S/c1-24-18(21-22-23-24)27-11-16(25)10-26-17(12-2-6-14(19)7-3-12)13-4-8-15(20)9-5-13/h2-9,16-17,25H,10-11H2,1H3. The first-order chi connectivity index (χ1) is 13.0. The second kappa shape index (κ2) is 9.03. The van der Waals surface area contributed by atoms with Crippen molar-refractivity contribution in [3.05, 3.63) is 71.3 Å². The van der Waals surface area contributed by atoms with Crippen LogP contribution in [0.1, 0.15) is 17.2 Å². The maximum Gasteiger partial charge on any atom is 0.209 e. The molecule has 0 saturated heterocycles. The van der Waals surface area contributed by atoms with E-state index in [9.17, 15) is 13.9 Å². The van der Waals surface area contributed by atoms with Crippen LogP contribution >= 0.6 is 11.8 Å². The third-order valence-electron chi connectivity index (χ3n) is 3.79. The Morgan fingerprint density at radius 2 is 1.59 bits per heavy atom. The van der Waals surface area contributed by atoms with Gasteiger partial charge in [-0.25, -0.2) is 13.5 Å². The lowest BCUT2D eigenvalue weighted by Crippen LogP contribution is -2.21. The molecule has 1 atom stereocenters. The van der Waals surface area contributed by atoms with E-state index < -0.39 is 12.2 Å². The second-order valence-electron chi connectivity index (χ2n) is 5.87. The highest BCUT2D eigenvalue weighted by atomic mass is 32.2. The van der Waals surface area contributed by atoms with Gasteiger partial charge < -0.3 is 9.84 Å². The SMILES string of the molecule is Cn1nnnc1SCC(O)COC(c1ccc(F)cc1)c1ccc(F)cc1. The van der Waals surface area contributed by atoms with Gasteiger partial charge in [-0.15, -0.1) is 5.10 Å². The van der Waals surface area contributed by atoms with Gasteiger partial charge in [0.2, 0.25) is 5.16 Å². The Labute approximate surface area is 159 Å². The lowest BCUT2D eigenvalue weighted by molar-refractivity contribution is 0.0154. The Hall–Kier alpha value is -2.36. The van der Waals surface area contributed by atoms with Gasteiger partial charge in [0.15, 0.2) is 0 Å². The molecule has 2 aromatic carbocycles. The van der Waals surface area contributed by atoms with Crippen molar-refractivity contribution in [1.29, 1.82) is 0 Å². The van der Waals surface area contributed by atoms with Gasteiger partial charge in [-0.05, 0) is 45.8 Å². The van der Waals surface area contributed by atoms with E-state index in [0.717, 1.165) is 0 Å². The predicted octanol–water partition coefficient (Wildman–Crippen LogP) is 2.75. The fraction of sp³-hybridized carbons (Fsp3) is 0.278. The third-order valence-corrected chi connectivity index (χ3v) is 4.94. The average molecular weight is 392 g/mol. The van der Waals surface area contributed by atoms with Crippen molar-refractivity contribution in [2.45, 2.75) is 17.4 Å². The predicted molar refractivity (Wildman–Crippen MR) is 96.1 cm³/mol. The van der Waals surface area contributed by atoms with Crippen molar-refractivity contribution in [3.8, 4) is 0 Å². The molecule has 3 aromatic rings. The molecule has 0 aliphatic rings. The summed E-state index contributed by atoms with van der Waals surface area (Å²) in [4.78, 5) is 0. The topological polar surface area (TPSA) is 73.1 Å². The minimum absolute atomic E-state index is 0.0394. The Morgan fingerprint density at radius 3 is 2.07 bits per heavy atom. The van der Waals surface area contributed by atoms with E-state index in [-0.39, 0.29) is 18.2 Å².